The predicted octanol–water partition coefficient (Wildman–Crippen LogP) is 4.26. The van der Waals surface area contributed by atoms with E-state index in [9.17, 15) is 13.2 Å². The second-order valence-corrected chi connectivity index (χ2v) is 9.46. The van der Waals surface area contributed by atoms with Crippen LogP contribution in [0.2, 0.25) is 0 Å². The minimum Gasteiger partial charge on any atom is -0.351 e. The molecule has 0 heterocycles. The average molecular weight is 463 g/mol. The zero-order chi connectivity index (χ0) is 20.0. The molecule has 0 spiro atoms. The zero-order valence-corrected chi connectivity index (χ0v) is 17.9. The second-order valence-electron chi connectivity index (χ2n) is 6.69. The molecule has 0 unspecified atom stereocenters. The van der Waals surface area contributed by atoms with Crippen LogP contribution < -0.4 is 9.62 Å². The molecule has 0 bridgehead atoms. The van der Waals surface area contributed by atoms with E-state index in [1.165, 1.54) is 24.1 Å². The van der Waals surface area contributed by atoms with Gasteiger partial charge in [-0.15, -0.1) is 0 Å². The van der Waals surface area contributed by atoms with Gasteiger partial charge in [0, 0.05) is 11.0 Å². The molecule has 28 heavy (non-hydrogen) atoms. The van der Waals surface area contributed by atoms with Gasteiger partial charge in [-0.25, -0.2) is 8.42 Å². The van der Waals surface area contributed by atoms with Crippen molar-refractivity contribution in [1.82, 2.24) is 5.32 Å². The average Bonchev–Trinajstić information content (AvgIpc) is 2.72. The van der Waals surface area contributed by atoms with Gasteiger partial charge in [-0.1, -0.05) is 45.8 Å². The molecule has 5 nitrogen and oxygen atoms in total. The first-order valence-electron chi connectivity index (χ1n) is 9.25. The molecule has 2 aromatic rings. The van der Waals surface area contributed by atoms with Gasteiger partial charge in [-0.3, -0.25) is 9.10 Å². The number of carbonyl (C=O) groups excluding carboxylic acids is 1. The Kier molecular flexibility index (Phi) is 6.91. The third kappa shape index (κ3) is 5.23. The molecule has 1 N–H and O–H groups in total. The summed E-state index contributed by atoms with van der Waals surface area (Å²) in [5.41, 5.74) is 1.65. The quantitative estimate of drug-likeness (QED) is 0.624. The molecule has 0 saturated heterocycles. The summed E-state index contributed by atoms with van der Waals surface area (Å²) in [5, 5.41) is 2.86. The van der Waals surface area contributed by atoms with Crippen LogP contribution in [0.15, 0.2) is 75.6 Å². The Hall–Kier alpha value is -2.12. The van der Waals surface area contributed by atoms with Crippen molar-refractivity contribution in [2.24, 2.45) is 0 Å². The van der Waals surface area contributed by atoms with Gasteiger partial charge in [0.25, 0.3) is 10.0 Å². The molecule has 1 aliphatic rings. The summed E-state index contributed by atoms with van der Waals surface area (Å²) in [6.07, 6.45) is 6.51. The number of sulfonamides is 1. The van der Waals surface area contributed by atoms with Gasteiger partial charge in [-0.2, -0.15) is 0 Å². The van der Waals surface area contributed by atoms with Crippen molar-refractivity contribution < 1.29 is 13.2 Å². The minimum absolute atomic E-state index is 0.153. The fraction of sp³-hybridized carbons (Fsp3) is 0.286. The fourth-order valence-corrected chi connectivity index (χ4v) is 4.81. The van der Waals surface area contributed by atoms with Gasteiger partial charge in [0.2, 0.25) is 5.91 Å². The molecular formula is C21H23BrN2O3S. The smallest absolute Gasteiger partial charge is 0.264 e. The summed E-state index contributed by atoms with van der Waals surface area (Å²) in [6, 6.07) is 15.0. The van der Waals surface area contributed by atoms with Crippen LogP contribution in [0.4, 0.5) is 5.69 Å². The molecule has 0 atom stereocenters. The Labute approximate surface area is 174 Å². The van der Waals surface area contributed by atoms with E-state index < -0.39 is 10.0 Å². The lowest BCUT2D eigenvalue weighted by Crippen LogP contribution is -2.41. The first-order valence-corrected chi connectivity index (χ1v) is 11.5. The van der Waals surface area contributed by atoms with Crippen molar-refractivity contribution in [3.8, 4) is 0 Å². The molecule has 148 valence electrons. The number of amides is 1. The van der Waals surface area contributed by atoms with Crippen LogP contribution in [-0.4, -0.2) is 27.4 Å². The van der Waals surface area contributed by atoms with E-state index in [-0.39, 0.29) is 17.3 Å². The highest BCUT2D eigenvalue weighted by Crippen LogP contribution is 2.25. The van der Waals surface area contributed by atoms with E-state index in [0.717, 1.165) is 28.0 Å². The van der Waals surface area contributed by atoms with Crippen LogP contribution in [-0.2, 0) is 14.8 Å². The van der Waals surface area contributed by atoms with E-state index in [0.29, 0.717) is 12.2 Å². The lowest BCUT2D eigenvalue weighted by Gasteiger charge is -2.24. The molecule has 0 saturated carbocycles. The molecule has 1 amide bonds. The molecule has 0 aromatic heterocycles. The number of halogens is 1. The molecule has 2 aromatic carbocycles. The summed E-state index contributed by atoms with van der Waals surface area (Å²) in [5.74, 6) is -0.325. The van der Waals surface area contributed by atoms with Gasteiger partial charge in [0.15, 0.2) is 0 Å². The van der Waals surface area contributed by atoms with Crippen molar-refractivity contribution in [1.29, 1.82) is 0 Å². The topological polar surface area (TPSA) is 66.5 Å². The van der Waals surface area contributed by atoms with E-state index in [1.54, 1.807) is 42.5 Å². The molecule has 0 aliphatic heterocycles. The molecule has 0 radical (unpaired) electrons. The maximum Gasteiger partial charge on any atom is 0.264 e. The number of nitrogens with one attached hydrogen (secondary N) is 1. The Morgan fingerprint density at radius 1 is 1.04 bits per heavy atom. The van der Waals surface area contributed by atoms with Crippen LogP contribution in [0.3, 0.4) is 0 Å². The summed E-state index contributed by atoms with van der Waals surface area (Å²) >= 11 is 3.36. The number of nitrogens with zero attached hydrogens (tertiary/aromatic N) is 1. The Balaban J connectivity index is 1.81. The maximum absolute atomic E-state index is 13.2. The van der Waals surface area contributed by atoms with Crippen LogP contribution >= 0.6 is 15.9 Å². The normalized spacial score (nSPS) is 14.2. The predicted molar refractivity (Wildman–Crippen MR) is 115 cm³/mol. The largest absolute Gasteiger partial charge is 0.351 e. The monoisotopic (exact) mass is 462 g/mol. The van der Waals surface area contributed by atoms with Crippen molar-refractivity contribution in [3.63, 3.8) is 0 Å². The van der Waals surface area contributed by atoms with Crippen LogP contribution in [0.25, 0.3) is 0 Å². The maximum atomic E-state index is 13.2. The first-order chi connectivity index (χ1) is 13.5. The van der Waals surface area contributed by atoms with Gasteiger partial charge >= 0.3 is 0 Å². The van der Waals surface area contributed by atoms with E-state index >= 15 is 0 Å². The van der Waals surface area contributed by atoms with Gasteiger partial charge < -0.3 is 5.32 Å². The third-order valence-electron chi connectivity index (χ3n) is 4.63. The highest BCUT2D eigenvalue weighted by molar-refractivity contribution is 9.10. The number of anilines is 1. The van der Waals surface area contributed by atoms with Gasteiger partial charge in [-0.05, 0) is 62.1 Å². The highest BCUT2D eigenvalue weighted by Gasteiger charge is 2.27. The second kappa shape index (κ2) is 9.39. The third-order valence-corrected chi connectivity index (χ3v) is 6.95. The summed E-state index contributed by atoms with van der Waals surface area (Å²) in [7, 11) is -3.86. The van der Waals surface area contributed by atoms with E-state index in [4.69, 9.17) is 0 Å². The molecule has 7 heteroatoms. The Bertz CT molecular complexity index is 941. The lowest BCUT2D eigenvalue weighted by molar-refractivity contribution is -0.119. The summed E-state index contributed by atoms with van der Waals surface area (Å²) in [4.78, 5) is 12.7. The number of hydrogen-bond donors (Lipinski definition) is 1. The van der Waals surface area contributed by atoms with Crippen molar-refractivity contribution in [2.75, 3.05) is 17.4 Å². The van der Waals surface area contributed by atoms with Gasteiger partial charge in [0.1, 0.15) is 6.54 Å². The Morgan fingerprint density at radius 3 is 2.39 bits per heavy atom. The summed E-state index contributed by atoms with van der Waals surface area (Å²) < 4.78 is 28.4. The van der Waals surface area contributed by atoms with E-state index in [2.05, 4.69) is 27.3 Å². The van der Waals surface area contributed by atoms with Crippen molar-refractivity contribution in [2.45, 2.75) is 30.6 Å². The molecule has 0 fully saturated rings. The fourth-order valence-electron chi connectivity index (χ4n) is 3.11. The molecule has 3 rings (SSSR count). The number of hydrogen-bond acceptors (Lipinski definition) is 3. The lowest BCUT2D eigenvalue weighted by atomic mass is 10.00. The van der Waals surface area contributed by atoms with Gasteiger partial charge in [0.05, 0.1) is 10.6 Å². The summed E-state index contributed by atoms with van der Waals surface area (Å²) in [6.45, 7) is 0.199. The van der Waals surface area contributed by atoms with Crippen molar-refractivity contribution in [3.05, 3.63) is 70.7 Å². The Morgan fingerprint density at radius 2 is 1.75 bits per heavy atom. The van der Waals surface area contributed by atoms with Crippen LogP contribution in [0, 0.1) is 0 Å². The number of benzene rings is 2. The molecular weight excluding hydrogens is 440 g/mol. The highest BCUT2D eigenvalue weighted by atomic mass is 79.9. The van der Waals surface area contributed by atoms with Crippen molar-refractivity contribution >= 4 is 37.5 Å². The van der Waals surface area contributed by atoms with E-state index in [1.807, 2.05) is 0 Å². The molecule has 1 aliphatic carbocycles. The number of allylic oxidation sites excluding steroid dienone is 1. The first kappa shape index (κ1) is 20.6. The zero-order valence-electron chi connectivity index (χ0n) is 15.5. The van der Waals surface area contributed by atoms with Crippen LogP contribution in [0.1, 0.15) is 25.7 Å². The minimum atomic E-state index is -3.86. The number of rotatable bonds is 7. The standard InChI is InChI=1S/C21H23BrN2O3S/c22-18-11-13-19(14-12-18)24(28(26,27)20-9-5-2-6-10-20)16-21(25)23-15-17-7-3-1-4-8-17/h2,5-7,9-14H,1,3-4,8,15-16H2,(H,23,25). The number of carbonyl (C=O) groups is 1. The SMILES string of the molecule is O=C(CN(c1ccc(Br)cc1)S(=O)(=O)c1ccccc1)NCC1=CCCCC1. The van der Waals surface area contributed by atoms with Crippen LogP contribution in [0.5, 0.6) is 0 Å².